The average molecular weight is 405 g/mol. The fourth-order valence-electron chi connectivity index (χ4n) is 4.48. The first-order valence-corrected chi connectivity index (χ1v) is 10.3. The summed E-state index contributed by atoms with van der Waals surface area (Å²) in [5.41, 5.74) is 2.89. The lowest BCUT2D eigenvalue weighted by Crippen LogP contribution is -2.41. The summed E-state index contributed by atoms with van der Waals surface area (Å²) in [6, 6.07) is 24.8. The zero-order valence-corrected chi connectivity index (χ0v) is 17.8. The van der Waals surface area contributed by atoms with Gasteiger partial charge >= 0.3 is 0 Å². The molecule has 4 nitrogen and oxygen atoms in total. The highest BCUT2D eigenvalue weighted by atomic mass is 16.5. The van der Waals surface area contributed by atoms with Gasteiger partial charge in [0.25, 0.3) is 0 Å². The first kappa shape index (κ1) is 20.3. The van der Waals surface area contributed by atoms with E-state index in [9.17, 15) is 0 Å². The first-order valence-electron chi connectivity index (χ1n) is 10.3. The summed E-state index contributed by atoms with van der Waals surface area (Å²) in [6.45, 7) is 0.713. The minimum absolute atomic E-state index is 0.166. The Morgan fingerprint density at radius 2 is 1.10 bits per heavy atom. The van der Waals surface area contributed by atoms with Gasteiger partial charge in [0.2, 0.25) is 0 Å². The highest BCUT2D eigenvalue weighted by Gasteiger charge is 2.46. The van der Waals surface area contributed by atoms with E-state index in [4.69, 9.17) is 18.9 Å². The number of methoxy groups -OCH3 is 3. The van der Waals surface area contributed by atoms with Crippen molar-refractivity contribution < 1.29 is 18.9 Å². The van der Waals surface area contributed by atoms with E-state index >= 15 is 0 Å². The van der Waals surface area contributed by atoms with Crippen LogP contribution in [0.5, 0.6) is 17.2 Å². The second-order valence-corrected chi connectivity index (χ2v) is 7.51. The average Bonchev–Trinajstić information content (AvgIpc) is 2.84. The molecule has 1 aliphatic rings. The second kappa shape index (κ2) is 8.80. The van der Waals surface area contributed by atoms with Crippen molar-refractivity contribution in [2.24, 2.45) is 0 Å². The molecule has 0 bridgehead atoms. The van der Waals surface area contributed by atoms with Gasteiger partial charge in [-0.05, 0) is 65.9 Å². The molecule has 3 aromatic rings. The van der Waals surface area contributed by atoms with Gasteiger partial charge in [0, 0.05) is 12.5 Å². The molecule has 0 aromatic heterocycles. The molecule has 4 heteroatoms. The Morgan fingerprint density at radius 3 is 1.53 bits per heavy atom. The smallest absolute Gasteiger partial charge is 0.125 e. The van der Waals surface area contributed by atoms with Gasteiger partial charge in [0.15, 0.2) is 0 Å². The quantitative estimate of drug-likeness (QED) is 0.540. The number of rotatable bonds is 6. The van der Waals surface area contributed by atoms with Crippen LogP contribution < -0.4 is 14.2 Å². The van der Waals surface area contributed by atoms with E-state index in [1.54, 1.807) is 21.3 Å². The predicted octanol–water partition coefficient (Wildman–Crippen LogP) is 5.55. The van der Waals surface area contributed by atoms with Crippen LogP contribution in [0, 0.1) is 0 Å². The van der Waals surface area contributed by atoms with Crippen molar-refractivity contribution in [3.05, 3.63) is 89.5 Å². The van der Waals surface area contributed by atoms with Crippen LogP contribution in [0.15, 0.2) is 72.8 Å². The van der Waals surface area contributed by atoms with Crippen molar-refractivity contribution in [1.29, 1.82) is 0 Å². The van der Waals surface area contributed by atoms with Gasteiger partial charge in [0.05, 0.1) is 21.3 Å². The summed E-state index contributed by atoms with van der Waals surface area (Å²) in [4.78, 5) is 0. The third-order valence-corrected chi connectivity index (χ3v) is 6.01. The monoisotopic (exact) mass is 404 g/mol. The molecule has 0 amide bonds. The zero-order chi connectivity index (χ0) is 21.0. The summed E-state index contributed by atoms with van der Waals surface area (Å²) < 4.78 is 22.8. The number of benzene rings is 3. The maximum Gasteiger partial charge on any atom is 0.125 e. The third-order valence-electron chi connectivity index (χ3n) is 6.01. The largest absolute Gasteiger partial charge is 0.497 e. The number of hydrogen-bond donors (Lipinski definition) is 0. The molecule has 30 heavy (non-hydrogen) atoms. The fourth-order valence-corrected chi connectivity index (χ4v) is 4.48. The van der Waals surface area contributed by atoms with Crippen molar-refractivity contribution in [3.8, 4) is 17.2 Å². The molecule has 1 aliphatic heterocycles. The molecule has 1 atom stereocenters. The molecule has 3 aromatic carbocycles. The maximum absolute atomic E-state index is 6.70. The van der Waals surface area contributed by atoms with E-state index < -0.39 is 5.60 Å². The van der Waals surface area contributed by atoms with E-state index in [2.05, 4.69) is 36.4 Å². The van der Waals surface area contributed by atoms with Crippen molar-refractivity contribution in [2.45, 2.75) is 24.4 Å². The zero-order valence-electron chi connectivity index (χ0n) is 17.8. The SMILES string of the molecule is COc1ccc(C2CCCOC2(c2ccc(OC)cc2)c2ccc(OC)cc2)cc1. The van der Waals surface area contributed by atoms with Crippen molar-refractivity contribution in [2.75, 3.05) is 27.9 Å². The van der Waals surface area contributed by atoms with Gasteiger partial charge in [-0.15, -0.1) is 0 Å². The van der Waals surface area contributed by atoms with Crippen LogP contribution in [0.2, 0.25) is 0 Å². The molecule has 1 heterocycles. The summed E-state index contributed by atoms with van der Waals surface area (Å²) >= 11 is 0. The van der Waals surface area contributed by atoms with E-state index in [1.807, 2.05) is 36.4 Å². The van der Waals surface area contributed by atoms with E-state index in [0.717, 1.165) is 41.2 Å². The van der Waals surface area contributed by atoms with Gasteiger partial charge < -0.3 is 18.9 Å². The molecule has 0 saturated carbocycles. The lowest BCUT2D eigenvalue weighted by atomic mass is 9.69. The molecule has 4 rings (SSSR count). The summed E-state index contributed by atoms with van der Waals surface area (Å²) in [5, 5.41) is 0. The Bertz CT molecular complexity index is 898. The number of hydrogen-bond acceptors (Lipinski definition) is 4. The molecule has 1 fully saturated rings. The Balaban J connectivity index is 1.88. The molecule has 1 unspecified atom stereocenters. The predicted molar refractivity (Wildman–Crippen MR) is 118 cm³/mol. The summed E-state index contributed by atoms with van der Waals surface area (Å²) in [6.07, 6.45) is 2.05. The lowest BCUT2D eigenvalue weighted by Gasteiger charge is -2.45. The maximum atomic E-state index is 6.70. The molecule has 0 aliphatic carbocycles. The lowest BCUT2D eigenvalue weighted by molar-refractivity contribution is -0.0705. The normalized spacial score (nSPS) is 17.9. The van der Waals surface area contributed by atoms with Gasteiger partial charge in [-0.3, -0.25) is 0 Å². The minimum Gasteiger partial charge on any atom is -0.497 e. The van der Waals surface area contributed by atoms with Gasteiger partial charge in [-0.1, -0.05) is 36.4 Å². The Labute approximate surface area is 178 Å². The standard InChI is InChI=1S/C26H28O4/c1-27-22-12-6-19(7-13-22)25-5-4-18-30-26(25,20-8-14-23(28-2)15-9-20)21-10-16-24(29-3)17-11-21/h6-17,25H,4-5,18H2,1-3H3. The van der Waals surface area contributed by atoms with Crippen LogP contribution >= 0.6 is 0 Å². The third kappa shape index (κ3) is 3.63. The topological polar surface area (TPSA) is 36.9 Å². The Hall–Kier alpha value is -2.98. The van der Waals surface area contributed by atoms with Crippen molar-refractivity contribution in [1.82, 2.24) is 0 Å². The van der Waals surface area contributed by atoms with Crippen LogP contribution in [0.25, 0.3) is 0 Å². The molecular formula is C26H28O4. The van der Waals surface area contributed by atoms with Crippen LogP contribution in [0.3, 0.4) is 0 Å². The molecular weight excluding hydrogens is 376 g/mol. The molecule has 0 radical (unpaired) electrons. The van der Waals surface area contributed by atoms with E-state index in [1.165, 1.54) is 5.56 Å². The van der Waals surface area contributed by atoms with Gasteiger partial charge in [-0.2, -0.15) is 0 Å². The fraction of sp³-hybridized carbons (Fsp3) is 0.308. The highest BCUT2D eigenvalue weighted by molar-refractivity contribution is 5.46. The first-order chi connectivity index (χ1) is 14.7. The van der Waals surface area contributed by atoms with Crippen LogP contribution in [-0.2, 0) is 10.3 Å². The summed E-state index contributed by atoms with van der Waals surface area (Å²) in [7, 11) is 5.06. The molecule has 0 N–H and O–H groups in total. The minimum atomic E-state index is -0.592. The molecule has 1 saturated heterocycles. The Kier molecular flexibility index (Phi) is 5.96. The van der Waals surface area contributed by atoms with Crippen LogP contribution in [0.4, 0.5) is 0 Å². The molecule has 0 spiro atoms. The second-order valence-electron chi connectivity index (χ2n) is 7.51. The van der Waals surface area contributed by atoms with E-state index in [-0.39, 0.29) is 5.92 Å². The molecule has 156 valence electrons. The summed E-state index contributed by atoms with van der Waals surface area (Å²) in [5.74, 6) is 2.69. The van der Waals surface area contributed by atoms with Crippen molar-refractivity contribution >= 4 is 0 Å². The van der Waals surface area contributed by atoms with Gasteiger partial charge in [0.1, 0.15) is 22.8 Å². The van der Waals surface area contributed by atoms with E-state index in [0.29, 0.717) is 6.61 Å². The highest BCUT2D eigenvalue weighted by Crippen LogP contribution is 2.51. The Morgan fingerprint density at radius 1 is 0.667 bits per heavy atom. The van der Waals surface area contributed by atoms with Crippen LogP contribution in [-0.4, -0.2) is 27.9 Å². The van der Waals surface area contributed by atoms with Crippen molar-refractivity contribution in [3.63, 3.8) is 0 Å². The van der Waals surface area contributed by atoms with Gasteiger partial charge in [-0.25, -0.2) is 0 Å². The van der Waals surface area contributed by atoms with Crippen LogP contribution in [0.1, 0.15) is 35.4 Å². The number of ether oxygens (including phenoxy) is 4.